The second-order valence-corrected chi connectivity index (χ2v) is 6.83. The van der Waals surface area contributed by atoms with Gasteiger partial charge in [-0.15, -0.1) is 21.5 Å². The highest BCUT2D eigenvalue weighted by Gasteiger charge is 2.07. The van der Waals surface area contributed by atoms with Crippen LogP contribution >= 0.6 is 11.3 Å². The van der Waals surface area contributed by atoms with Gasteiger partial charge in [0.15, 0.2) is 11.8 Å². The van der Waals surface area contributed by atoms with Gasteiger partial charge in [-0.2, -0.15) is 0 Å². The lowest BCUT2D eigenvalue weighted by molar-refractivity contribution is 0.748. The number of aryl methyl sites for hydroxylation is 1. The number of aliphatic imine (C=N–C) groups is 1. The van der Waals surface area contributed by atoms with Crippen LogP contribution in [0.1, 0.15) is 22.6 Å². The van der Waals surface area contributed by atoms with Crippen molar-refractivity contribution in [1.29, 1.82) is 0 Å². The first-order valence-corrected chi connectivity index (χ1v) is 9.44. The molecule has 2 aromatic heterocycles. The molecule has 7 nitrogen and oxygen atoms in total. The van der Waals surface area contributed by atoms with Gasteiger partial charge < -0.3 is 10.6 Å². The molecule has 0 saturated carbocycles. The van der Waals surface area contributed by atoms with Gasteiger partial charge >= 0.3 is 0 Å². The van der Waals surface area contributed by atoms with Crippen LogP contribution in [0, 0.1) is 0 Å². The number of nitrogens with one attached hydrogen (secondary N) is 2. The Bertz CT molecular complexity index is 838. The lowest BCUT2D eigenvalue weighted by Crippen LogP contribution is -2.38. The minimum atomic E-state index is 0.534. The summed E-state index contributed by atoms with van der Waals surface area (Å²) in [4.78, 5) is 10.0. The maximum atomic E-state index is 4.44. The zero-order valence-corrected chi connectivity index (χ0v) is 15.8. The van der Waals surface area contributed by atoms with E-state index in [1.165, 1.54) is 4.88 Å². The Kier molecular flexibility index (Phi) is 6.32. The molecule has 3 rings (SSSR count). The number of hydrogen-bond acceptors (Lipinski definition) is 5. The minimum Gasteiger partial charge on any atom is -0.356 e. The molecular formula is C18H23N7S. The fraction of sp³-hybridized carbons (Fsp3) is 0.333. The van der Waals surface area contributed by atoms with Gasteiger partial charge in [0.2, 0.25) is 0 Å². The number of thiazole rings is 1. The lowest BCUT2D eigenvalue weighted by atomic mass is 10.3. The van der Waals surface area contributed by atoms with Crippen molar-refractivity contribution in [3.8, 4) is 5.69 Å². The Balaban J connectivity index is 1.51. The fourth-order valence-electron chi connectivity index (χ4n) is 2.48. The van der Waals surface area contributed by atoms with Crippen molar-refractivity contribution in [2.24, 2.45) is 4.99 Å². The van der Waals surface area contributed by atoms with Crippen molar-refractivity contribution >= 4 is 17.3 Å². The van der Waals surface area contributed by atoms with Crippen molar-refractivity contribution in [3.05, 3.63) is 58.6 Å². The normalized spacial score (nSPS) is 11.5. The number of nitrogens with zero attached hydrogens (tertiary/aromatic N) is 5. The summed E-state index contributed by atoms with van der Waals surface area (Å²) in [5.74, 6) is 1.56. The molecule has 0 fully saturated rings. The maximum Gasteiger partial charge on any atom is 0.191 e. The van der Waals surface area contributed by atoms with Crippen LogP contribution in [0.15, 0.2) is 47.8 Å². The topological polar surface area (TPSA) is 80.0 Å². The van der Waals surface area contributed by atoms with Gasteiger partial charge in [0, 0.05) is 36.8 Å². The van der Waals surface area contributed by atoms with E-state index >= 15 is 0 Å². The average Bonchev–Trinajstić information content (AvgIpc) is 3.34. The minimum absolute atomic E-state index is 0.534. The van der Waals surface area contributed by atoms with Crippen molar-refractivity contribution in [1.82, 2.24) is 30.4 Å². The molecule has 136 valence electrons. The van der Waals surface area contributed by atoms with Crippen molar-refractivity contribution in [2.45, 2.75) is 26.3 Å². The predicted octanol–water partition coefficient (Wildman–Crippen LogP) is 2.19. The van der Waals surface area contributed by atoms with Gasteiger partial charge in [-0.25, -0.2) is 4.98 Å². The van der Waals surface area contributed by atoms with E-state index in [1.54, 1.807) is 24.7 Å². The summed E-state index contributed by atoms with van der Waals surface area (Å²) >= 11 is 1.77. The molecule has 26 heavy (non-hydrogen) atoms. The lowest BCUT2D eigenvalue weighted by Gasteiger charge is -2.12. The van der Waals surface area contributed by atoms with Gasteiger partial charge in [0.1, 0.15) is 6.33 Å². The quantitative estimate of drug-likeness (QED) is 0.493. The first kappa shape index (κ1) is 18.1. The molecule has 1 aromatic carbocycles. The van der Waals surface area contributed by atoms with Gasteiger partial charge in [-0.1, -0.05) is 25.1 Å². The van der Waals surface area contributed by atoms with Crippen molar-refractivity contribution < 1.29 is 0 Å². The molecule has 0 spiro atoms. The summed E-state index contributed by atoms with van der Waals surface area (Å²) in [6, 6.07) is 10.0. The van der Waals surface area contributed by atoms with E-state index in [9.17, 15) is 0 Å². The van der Waals surface area contributed by atoms with Gasteiger partial charge in [-0.05, 0) is 18.6 Å². The first-order valence-electron chi connectivity index (χ1n) is 8.62. The summed E-state index contributed by atoms with van der Waals surface area (Å²) < 4.78 is 1.96. The van der Waals surface area contributed by atoms with Crippen LogP contribution in [-0.2, 0) is 19.4 Å². The molecule has 0 saturated heterocycles. The molecular weight excluding hydrogens is 346 g/mol. The molecule has 2 N–H and O–H groups in total. The highest BCUT2D eigenvalue weighted by molar-refractivity contribution is 7.11. The van der Waals surface area contributed by atoms with E-state index in [4.69, 9.17) is 0 Å². The molecule has 8 heteroatoms. The molecule has 0 amide bonds. The largest absolute Gasteiger partial charge is 0.356 e. The van der Waals surface area contributed by atoms with Crippen LogP contribution in [-0.4, -0.2) is 39.3 Å². The Labute approximate surface area is 157 Å². The number of rotatable bonds is 7. The maximum absolute atomic E-state index is 4.44. The molecule has 2 heterocycles. The third kappa shape index (κ3) is 4.66. The van der Waals surface area contributed by atoms with E-state index in [0.29, 0.717) is 6.54 Å². The molecule has 0 unspecified atom stereocenters. The van der Waals surface area contributed by atoms with Crippen LogP contribution in [0.25, 0.3) is 5.69 Å². The Morgan fingerprint density at radius 1 is 1.23 bits per heavy atom. The van der Waals surface area contributed by atoms with Crippen molar-refractivity contribution in [3.63, 3.8) is 0 Å². The van der Waals surface area contributed by atoms with E-state index in [0.717, 1.165) is 41.9 Å². The monoisotopic (exact) mass is 369 g/mol. The summed E-state index contributed by atoms with van der Waals surface area (Å²) in [6.07, 6.45) is 5.60. The molecule has 0 aliphatic carbocycles. The highest BCUT2D eigenvalue weighted by atomic mass is 32.1. The van der Waals surface area contributed by atoms with Crippen LogP contribution in [0.3, 0.4) is 0 Å². The number of para-hydroxylation sites is 1. The van der Waals surface area contributed by atoms with Gasteiger partial charge in [0.05, 0.1) is 11.6 Å². The Morgan fingerprint density at radius 3 is 2.81 bits per heavy atom. The molecule has 0 atom stereocenters. The second kappa shape index (κ2) is 9.10. The Hall–Kier alpha value is -2.74. The van der Waals surface area contributed by atoms with E-state index < -0.39 is 0 Å². The third-order valence-electron chi connectivity index (χ3n) is 3.87. The fourth-order valence-corrected chi connectivity index (χ4v) is 3.34. The average molecular weight is 369 g/mol. The molecule has 3 aromatic rings. The van der Waals surface area contributed by atoms with Crippen LogP contribution in [0.5, 0.6) is 0 Å². The highest BCUT2D eigenvalue weighted by Crippen LogP contribution is 2.13. The van der Waals surface area contributed by atoms with E-state index in [2.05, 4.69) is 37.7 Å². The molecule has 0 aliphatic heterocycles. The zero-order valence-electron chi connectivity index (χ0n) is 15.0. The summed E-state index contributed by atoms with van der Waals surface area (Å²) in [6.45, 7) is 3.46. The second-order valence-electron chi connectivity index (χ2n) is 5.63. The number of aromatic nitrogens is 4. The Morgan fingerprint density at radius 2 is 2.08 bits per heavy atom. The van der Waals surface area contributed by atoms with Gasteiger partial charge in [-0.3, -0.25) is 9.56 Å². The predicted molar refractivity (Wildman–Crippen MR) is 105 cm³/mol. The molecule has 0 aliphatic rings. The van der Waals surface area contributed by atoms with Gasteiger partial charge in [0.25, 0.3) is 0 Å². The smallest absolute Gasteiger partial charge is 0.191 e. The zero-order chi connectivity index (χ0) is 18.2. The molecule has 0 radical (unpaired) electrons. The number of benzene rings is 1. The third-order valence-corrected chi connectivity index (χ3v) is 5.07. The number of hydrogen-bond donors (Lipinski definition) is 2. The SMILES string of the molecule is CCc1cnc(CCNC(=NC)NCc2nncn2-c2ccccc2)s1. The van der Waals surface area contributed by atoms with E-state index in [1.807, 2.05) is 41.1 Å². The first-order chi connectivity index (χ1) is 12.8. The van der Waals surface area contributed by atoms with Crippen LogP contribution in [0.2, 0.25) is 0 Å². The van der Waals surface area contributed by atoms with E-state index in [-0.39, 0.29) is 0 Å². The molecule has 0 bridgehead atoms. The number of guanidine groups is 1. The summed E-state index contributed by atoms with van der Waals surface area (Å²) in [7, 11) is 1.76. The van der Waals surface area contributed by atoms with Crippen LogP contribution < -0.4 is 10.6 Å². The summed E-state index contributed by atoms with van der Waals surface area (Å²) in [5.41, 5.74) is 1.03. The standard InChI is InChI=1S/C18H23N7S/c1-3-15-11-21-17(26-15)9-10-20-18(19-2)22-12-16-24-23-13-25(16)14-7-5-4-6-8-14/h4-8,11,13H,3,9-10,12H2,1-2H3,(H2,19,20,22). The van der Waals surface area contributed by atoms with Crippen molar-refractivity contribution in [2.75, 3.05) is 13.6 Å². The summed E-state index contributed by atoms with van der Waals surface area (Å²) in [5, 5.41) is 16.0. The van der Waals surface area contributed by atoms with Crippen LogP contribution in [0.4, 0.5) is 0 Å².